The first-order chi connectivity index (χ1) is 60.4. The number of aromatic carboxylic acids is 4. The van der Waals surface area contributed by atoms with Gasteiger partial charge in [-0.25, -0.2) is 69.7 Å². The maximum Gasteiger partial charge on any atom is 0.416 e. The fourth-order valence-electron chi connectivity index (χ4n) is 13.8. The van der Waals surface area contributed by atoms with Crippen LogP contribution < -0.4 is 4.74 Å². The topological polar surface area (TPSA) is 411 Å². The molecular formula is C88H68ClF7N2O21S10. The third-order valence-electron chi connectivity index (χ3n) is 20.5. The van der Waals surface area contributed by atoms with Gasteiger partial charge in [0.25, 0.3) is 0 Å². The molecule has 4 heterocycles. The number of sulfone groups is 6. The van der Waals surface area contributed by atoms with Gasteiger partial charge in [-0.1, -0.05) is 54.1 Å². The number of thiophene rings is 4. The Kier molecular flexibility index (Phi) is 28.5. The highest BCUT2D eigenvalue weighted by atomic mass is 35.5. The quantitative estimate of drug-likeness (QED) is 0.0366. The third kappa shape index (κ3) is 23.5. The average molecular weight is 1980 g/mol. The van der Waals surface area contributed by atoms with Gasteiger partial charge < -0.3 is 25.2 Å². The lowest BCUT2D eigenvalue weighted by atomic mass is 10.0. The van der Waals surface area contributed by atoms with Crippen LogP contribution in [0.2, 0.25) is 4.34 Å². The predicted octanol–water partition coefficient (Wildman–Crippen LogP) is 20.4. The molecule has 23 nitrogen and oxygen atoms in total. The molecule has 41 heteroatoms. The summed E-state index contributed by atoms with van der Waals surface area (Å²) in [6.45, 7) is 0. The number of nitrogens with zero attached hydrogens (tertiary/aromatic N) is 2. The van der Waals surface area contributed by atoms with Gasteiger partial charge in [0, 0.05) is 32.0 Å². The minimum Gasteiger partial charge on any atom is -0.495 e. The van der Waals surface area contributed by atoms with Crippen LogP contribution in [0.15, 0.2) is 223 Å². The maximum absolute atomic E-state index is 13.5. The zero-order valence-corrected chi connectivity index (χ0v) is 75.9. The number of rotatable bonds is 26. The van der Waals surface area contributed by atoms with Crippen LogP contribution in [-0.2, 0) is 94.4 Å². The Balaban J connectivity index is 0.000000156. The van der Waals surface area contributed by atoms with Crippen molar-refractivity contribution in [3.63, 3.8) is 0 Å². The summed E-state index contributed by atoms with van der Waals surface area (Å²) in [4.78, 5) is 47.7. The molecule has 0 unspecified atom stereocenters. The summed E-state index contributed by atoms with van der Waals surface area (Å²) in [6, 6.07) is 45.8. The second-order valence-corrected chi connectivity index (χ2v) is 46.7. The van der Waals surface area contributed by atoms with E-state index >= 15 is 0 Å². The number of carboxylic acids is 4. The Hall–Kier alpha value is -11.3. The second kappa shape index (κ2) is 38.0. The first-order valence-electron chi connectivity index (χ1n) is 37.9. The zero-order chi connectivity index (χ0) is 94.2. The fraction of sp³-hybridized carbons (Fsp3) is 0.205. The molecule has 0 radical (unpaired) electrons. The molecule has 15 rings (SSSR count). The molecule has 0 spiro atoms. The number of carboxylic acid groups (broad SMARTS) is 4. The zero-order valence-electron chi connectivity index (χ0n) is 67.0. The van der Waals surface area contributed by atoms with Crippen LogP contribution in [0.1, 0.15) is 158 Å². The predicted molar refractivity (Wildman–Crippen MR) is 469 cm³/mol. The number of hydrogen-bond acceptors (Lipinski definition) is 23. The highest BCUT2D eigenvalue weighted by Crippen LogP contribution is 2.49. The summed E-state index contributed by atoms with van der Waals surface area (Å²) in [6.07, 6.45) is -2.45. The van der Waals surface area contributed by atoms with Crippen LogP contribution in [0.4, 0.5) is 30.7 Å². The van der Waals surface area contributed by atoms with E-state index in [9.17, 15) is 121 Å². The molecule has 3 aliphatic carbocycles. The Bertz CT molecular complexity index is 7340. The molecule has 129 heavy (non-hydrogen) atoms. The standard InChI is InChI=1S/C23H19NO6S3.C22H19ClO6S3.C22H16F4O4S2.C21H14F3NO5S2/c1-32(27,28)18-6-8-19(21-9-5-17(12-24)31-21)16(10-18)13-33(29,30)22-11-15(23(25)26)4-7-20(22)14-2-3-14;1-31(26,27)16-5-7-17(19-8-9-21(23)30-19)15(10-16)12-32(28,29)20-11-14(22(24)25)4-6-18(20)13-2-3-13;23-20-8-7-18(31-20)16-6-4-15(22(24,25)26)9-14(16)11-32(29,30)19-10-13(21(27)28)3-5-17(19)12-1-2-12;1-30-17-6-2-12(20(26)27)9-19(17)32(28,29)11-13-8-14(21(22,23)24)3-5-16(13)18-7-4-15(10-25)31-18/h4-11,14H,2-3,13H2,1H3,(H,25,26);4-11,13H,2-3,12H2,1H3,(H,24,25);3-10,12H,1-2,11H2,(H,27,28);2-9H,11H2,1H3,(H,26,27). The van der Waals surface area contributed by atoms with E-state index in [-0.39, 0.29) is 98.1 Å². The monoisotopic (exact) mass is 1980 g/mol. The molecule has 0 aliphatic heterocycles. The largest absolute Gasteiger partial charge is 0.495 e. The molecule has 0 bridgehead atoms. The van der Waals surface area contributed by atoms with Crippen molar-refractivity contribution in [3.05, 3.63) is 286 Å². The molecule has 4 N–H and O–H groups in total. The third-order valence-corrected chi connectivity index (χ3v) is 33.7. The van der Waals surface area contributed by atoms with Crippen molar-refractivity contribution in [1.82, 2.24) is 0 Å². The lowest BCUT2D eigenvalue weighted by Crippen LogP contribution is -2.12. The molecule has 3 fully saturated rings. The summed E-state index contributed by atoms with van der Waals surface area (Å²) in [5.41, 5.74) is 0.619. The van der Waals surface area contributed by atoms with Crippen LogP contribution in [0.25, 0.3) is 41.8 Å². The summed E-state index contributed by atoms with van der Waals surface area (Å²) in [5, 5.41) is 54.8. The first-order valence-corrected chi connectivity index (χ1v) is 51.9. The van der Waals surface area contributed by atoms with E-state index in [1.54, 1.807) is 48.5 Å². The fourth-order valence-corrected chi connectivity index (χ4v) is 25.4. The molecule has 8 aromatic carbocycles. The molecule has 3 aliphatic rings. The van der Waals surface area contributed by atoms with E-state index in [0.29, 0.717) is 78.3 Å². The Morgan fingerprint density at radius 2 is 0.682 bits per heavy atom. The van der Waals surface area contributed by atoms with Crippen molar-refractivity contribution < 1.29 is 126 Å². The van der Waals surface area contributed by atoms with Gasteiger partial charge >= 0.3 is 36.2 Å². The van der Waals surface area contributed by atoms with E-state index in [0.717, 1.165) is 123 Å². The summed E-state index contributed by atoms with van der Waals surface area (Å²) in [5.74, 6) is -7.73. The van der Waals surface area contributed by atoms with E-state index < -0.39 is 139 Å². The second-order valence-electron chi connectivity index (χ2n) is 29.9. The normalized spacial score (nSPS) is 13.7. The van der Waals surface area contributed by atoms with Crippen LogP contribution >= 0.6 is 56.9 Å². The van der Waals surface area contributed by atoms with Crippen molar-refractivity contribution >= 4 is 140 Å². The van der Waals surface area contributed by atoms with Crippen molar-refractivity contribution in [1.29, 1.82) is 10.5 Å². The lowest BCUT2D eigenvalue weighted by molar-refractivity contribution is -0.138. The van der Waals surface area contributed by atoms with E-state index in [1.807, 2.05) is 12.1 Å². The van der Waals surface area contributed by atoms with Crippen LogP contribution in [0.3, 0.4) is 0 Å². The SMILES string of the molecule is COc1ccc(C(=O)O)cc1S(=O)(=O)Cc1cc(C(F)(F)F)ccc1-c1ccc(C#N)s1.CS(=O)(=O)c1ccc(-c2ccc(C#N)s2)c(CS(=O)(=O)c2cc(C(=O)O)ccc2C2CC2)c1.CS(=O)(=O)c1ccc(-c2ccc(Cl)s2)c(CS(=O)(=O)c2cc(C(=O)O)ccc2C2CC2)c1.O=C(O)c1ccc(C2CC2)c(S(=O)(=O)Cc2cc(C(F)(F)F)ccc2-c2ccc(F)s2)c1. The molecule has 12 aromatic rings. The van der Waals surface area contributed by atoms with Crippen molar-refractivity contribution in [2.24, 2.45) is 0 Å². The summed E-state index contributed by atoms with van der Waals surface area (Å²) >= 11 is 10.2. The average Bonchev–Trinajstić information content (AvgIpc) is 1.22. The molecule has 672 valence electrons. The molecule has 0 amide bonds. The van der Waals surface area contributed by atoms with E-state index in [2.05, 4.69) is 0 Å². The van der Waals surface area contributed by atoms with Gasteiger partial charge in [-0.2, -0.15) is 41.3 Å². The van der Waals surface area contributed by atoms with Crippen molar-refractivity contribution in [2.75, 3.05) is 19.6 Å². The lowest BCUT2D eigenvalue weighted by Gasteiger charge is -2.15. The number of nitriles is 2. The first kappa shape index (κ1) is 96.8. The maximum atomic E-state index is 13.5. The molecule has 4 aromatic heterocycles. The number of halogens is 8. The number of benzene rings is 8. The van der Waals surface area contributed by atoms with Gasteiger partial charge in [-0.05, 0) is 269 Å². The van der Waals surface area contributed by atoms with Gasteiger partial charge in [-0.15, -0.1) is 45.3 Å². The van der Waals surface area contributed by atoms with Gasteiger partial charge in [0.2, 0.25) is 0 Å². The molecule has 3 saturated carbocycles. The summed E-state index contributed by atoms with van der Waals surface area (Å²) < 4.78 is 255. The van der Waals surface area contributed by atoms with Crippen molar-refractivity contribution in [3.8, 4) is 59.7 Å². The molecule has 0 atom stereocenters. The van der Waals surface area contributed by atoms with E-state index in [1.165, 1.54) is 115 Å². The number of methoxy groups -OCH3 is 1. The number of hydrogen-bond donors (Lipinski definition) is 4. The highest BCUT2D eigenvalue weighted by molar-refractivity contribution is 7.92. The Morgan fingerprint density at radius 1 is 0.388 bits per heavy atom. The van der Waals surface area contributed by atoms with Gasteiger partial charge in [0.05, 0.1) is 92.3 Å². The minimum absolute atomic E-state index is 0.0100. The minimum atomic E-state index is -4.70. The van der Waals surface area contributed by atoms with E-state index in [4.69, 9.17) is 26.9 Å². The summed E-state index contributed by atoms with van der Waals surface area (Å²) in [7, 11) is -22.5. The van der Waals surface area contributed by atoms with Gasteiger partial charge in [0.1, 0.15) is 32.5 Å². The molecule has 0 saturated heterocycles. The van der Waals surface area contributed by atoms with Gasteiger partial charge in [-0.3, -0.25) is 0 Å². The number of carbonyl (C=O) groups is 4. The van der Waals surface area contributed by atoms with Crippen molar-refractivity contribution in [2.45, 2.75) is 121 Å². The number of alkyl halides is 6. The number of ether oxygens (including phenoxy) is 1. The Morgan fingerprint density at radius 3 is 0.961 bits per heavy atom. The van der Waals surface area contributed by atoms with Crippen LogP contribution in [-0.4, -0.2) is 114 Å². The molecular weight excluding hydrogens is 1910 g/mol. The van der Waals surface area contributed by atoms with Gasteiger partial charge in [0.15, 0.2) is 64.2 Å². The van der Waals surface area contributed by atoms with Crippen LogP contribution in [0, 0.1) is 27.8 Å². The Labute approximate surface area is 755 Å². The smallest absolute Gasteiger partial charge is 0.416 e. The highest BCUT2D eigenvalue weighted by Gasteiger charge is 2.39. The van der Waals surface area contributed by atoms with Crippen LogP contribution in [0.5, 0.6) is 5.75 Å².